The van der Waals surface area contributed by atoms with E-state index in [1.165, 1.54) is 27.5 Å². The number of rotatable bonds is 6. The second kappa shape index (κ2) is 10.2. The second-order valence-electron chi connectivity index (χ2n) is 10.6. The third kappa shape index (κ3) is 4.87. The minimum atomic E-state index is 0.170. The van der Waals surface area contributed by atoms with Gasteiger partial charge >= 0.3 is 0 Å². The number of nitrogens with zero attached hydrogens (tertiary/aromatic N) is 5. The standard InChI is InChI=1S/C31H30BrN5O2/c1-36-28-7-10-33-19-27(28)26-4-2-20(14-29(26)36)21-3-5-31(35-18-21)39-25-16-24(17-25)38-23-8-12-37(13-9-23)22-6-11-34-30(32)15-22/h2-7,10-11,14-15,18-19,23-25H,8-9,12-13,16-17H2,1H3/t24-,25-. The SMILES string of the molecule is Cn1c2ccncc2c2ccc(-c3ccc(O[C@H]4C[C@H](OC5CCN(c6ccnc(Br)c6)CC5)C4)nc3)cc21. The highest BCUT2D eigenvalue weighted by molar-refractivity contribution is 9.10. The molecule has 0 atom stereocenters. The Morgan fingerprint density at radius 1 is 0.795 bits per heavy atom. The first-order chi connectivity index (χ1) is 19.1. The van der Waals surface area contributed by atoms with Crippen LogP contribution in [0.4, 0.5) is 5.69 Å². The van der Waals surface area contributed by atoms with E-state index in [0.29, 0.717) is 12.0 Å². The molecule has 0 unspecified atom stereocenters. The Hall–Kier alpha value is -3.49. The number of fused-ring (bicyclic) bond motifs is 3. The van der Waals surface area contributed by atoms with Crippen LogP contribution < -0.4 is 9.64 Å². The molecule has 0 radical (unpaired) electrons. The number of hydrogen-bond acceptors (Lipinski definition) is 6. The van der Waals surface area contributed by atoms with Gasteiger partial charge in [-0.2, -0.15) is 0 Å². The molecule has 198 valence electrons. The monoisotopic (exact) mass is 583 g/mol. The third-order valence-electron chi connectivity index (χ3n) is 8.12. The molecule has 5 aromatic rings. The van der Waals surface area contributed by atoms with Crippen molar-refractivity contribution in [2.75, 3.05) is 18.0 Å². The number of piperidine rings is 1. The van der Waals surface area contributed by atoms with Crippen LogP contribution in [0.25, 0.3) is 32.9 Å². The van der Waals surface area contributed by atoms with Gasteiger partial charge in [-0.25, -0.2) is 9.97 Å². The predicted octanol–water partition coefficient (Wildman–Crippen LogP) is 6.54. The molecule has 1 aliphatic carbocycles. The van der Waals surface area contributed by atoms with Gasteiger partial charge in [0.15, 0.2) is 0 Å². The van der Waals surface area contributed by atoms with E-state index in [1.807, 2.05) is 30.9 Å². The zero-order chi connectivity index (χ0) is 26.3. The van der Waals surface area contributed by atoms with Crippen LogP contribution in [0.3, 0.4) is 0 Å². The summed E-state index contributed by atoms with van der Waals surface area (Å²) in [6.45, 7) is 2.02. The maximum Gasteiger partial charge on any atom is 0.213 e. The number of hydrogen-bond donors (Lipinski definition) is 0. The number of anilines is 1. The minimum absolute atomic E-state index is 0.170. The Kier molecular flexibility index (Phi) is 6.45. The smallest absolute Gasteiger partial charge is 0.213 e. The van der Waals surface area contributed by atoms with Gasteiger partial charge < -0.3 is 18.9 Å². The molecule has 8 heteroatoms. The third-order valence-corrected chi connectivity index (χ3v) is 8.55. The maximum atomic E-state index is 6.39. The Labute approximate surface area is 235 Å². The molecule has 7 nitrogen and oxygen atoms in total. The molecule has 0 spiro atoms. The van der Waals surface area contributed by atoms with Gasteiger partial charge in [-0.05, 0) is 64.7 Å². The van der Waals surface area contributed by atoms with E-state index < -0.39 is 0 Å². The number of ether oxygens (including phenoxy) is 2. The van der Waals surface area contributed by atoms with Crippen molar-refractivity contribution in [2.24, 2.45) is 7.05 Å². The van der Waals surface area contributed by atoms with Gasteiger partial charge in [-0.15, -0.1) is 0 Å². The fourth-order valence-electron chi connectivity index (χ4n) is 5.86. The molecule has 2 fully saturated rings. The number of aryl methyl sites for hydroxylation is 1. The molecule has 5 heterocycles. The largest absolute Gasteiger partial charge is 0.474 e. The molecule has 0 N–H and O–H groups in total. The summed E-state index contributed by atoms with van der Waals surface area (Å²) in [6.07, 6.45) is 12.3. The molecule has 2 aliphatic rings. The average molecular weight is 585 g/mol. The highest BCUT2D eigenvalue weighted by Gasteiger charge is 2.34. The summed E-state index contributed by atoms with van der Waals surface area (Å²) in [5, 5.41) is 2.39. The highest BCUT2D eigenvalue weighted by Crippen LogP contribution is 2.33. The number of aromatic nitrogens is 4. The Balaban J connectivity index is 0.918. The van der Waals surface area contributed by atoms with Gasteiger partial charge in [0.2, 0.25) is 5.88 Å². The first-order valence-corrected chi connectivity index (χ1v) is 14.4. The van der Waals surface area contributed by atoms with Crippen molar-refractivity contribution in [3.8, 4) is 17.0 Å². The lowest BCUT2D eigenvalue weighted by atomic mass is 9.91. The highest BCUT2D eigenvalue weighted by atomic mass is 79.9. The fourth-order valence-corrected chi connectivity index (χ4v) is 6.21. The van der Waals surface area contributed by atoms with Crippen LogP contribution in [0, 0.1) is 0 Å². The molecule has 1 aliphatic heterocycles. The van der Waals surface area contributed by atoms with Crippen LogP contribution in [0.2, 0.25) is 0 Å². The van der Waals surface area contributed by atoms with Gasteiger partial charge in [0.25, 0.3) is 0 Å². The normalized spacial score (nSPS) is 19.9. The van der Waals surface area contributed by atoms with Crippen LogP contribution >= 0.6 is 15.9 Å². The molecule has 7 rings (SSSR count). The molecular weight excluding hydrogens is 554 g/mol. The van der Waals surface area contributed by atoms with Crippen molar-refractivity contribution in [1.82, 2.24) is 19.5 Å². The van der Waals surface area contributed by atoms with Crippen LogP contribution in [0.15, 0.2) is 77.9 Å². The van der Waals surface area contributed by atoms with E-state index in [4.69, 9.17) is 9.47 Å². The minimum Gasteiger partial charge on any atom is -0.474 e. The number of benzene rings is 1. The molecule has 4 aromatic heterocycles. The van der Waals surface area contributed by atoms with Gasteiger partial charge in [-0.1, -0.05) is 12.1 Å². The predicted molar refractivity (Wildman–Crippen MR) is 157 cm³/mol. The van der Waals surface area contributed by atoms with Gasteiger partial charge in [0.05, 0.1) is 17.7 Å². The zero-order valence-electron chi connectivity index (χ0n) is 21.8. The van der Waals surface area contributed by atoms with Crippen molar-refractivity contribution in [3.63, 3.8) is 0 Å². The molecule has 1 saturated carbocycles. The molecule has 0 amide bonds. The lowest BCUT2D eigenvalue weighted by molar-refractivity contribution is -0.102. The second-order valence-corrected chi connectivity index (χ2v) is 11.4. The average Bonchev–Trinajstić information content (AvgIpc) is 3.24. The van der Waals surface area contributed by atoms with Crippen LogP contribution in [0.1, 0.15) is 25.7 Å². The van der Waals surface area contributed by atoms with Crippen LogP contribution in [-0.2, 0) is 11.8 Å². The zero-order valence-corrected chi connectivity index (χ0v) is 23.4. The summed E-state index contributed by atoms with van der Waals surface area (Å²) in [5.74, 6) is 0.677. The summed E-state index contributed by atoms with van der Waals surface area (Å²) in [4.78, 5) is 15.6. The Morgan fingerprint density at radius 2 is 1.64 bits per heavy atom. The summed E-state index contributed by atoms with van der Waals surface area (Å²) in [7, 11) is 2.10. The van der Waals surface area contributed by atoms with Gasteiger partial charge in [-0.3, -0.25) is 4.98 Å². The van der Waals surface area contributed by atoms with E-state index in [2.05, 4.69) is 89.9 Å². The lowest BCUT2D eigenvalue weighted by Gasteiger charge is -2.40. The van der Waals surface area contributed by atoms with Crippen molar-refractivity contribution in [3.05, 3.63) is 77.9 Å². The van der Waals surface area contributed by atoms with E-state index in [9.17, 15) is 0 Å². The first kappa shape index (κ1) is 24.5. The Morgan fingerprint density at radius 3 is 2.44 bits per heavy atom. The fraction of sp³-hybridized carbons (Fsp3) is 0.323. The topological polar surface area (TPSA) is 65.3 Å². The summed E-state index contributed by atoms with van der Waals surface area (Å²) >= 11 is 3.47. The molecule has 0 bridgehead atoms. The van der Waals surface area contributed by atoms with E-state index in [1.54, 1.807) is 0 Å². The molecule has 39 heavy (non-hydrogen) atoms. The summed E-state index contributed by atoms with van der Waals surface area (Å²) in [6, 6.07) is 16.8. The quantitative estimate of drug-likeness (QED) is 0.211. The first-order valence-electron chi connectivity index (χ1n) is 13.6. The number of pyridine rings is 3. The summed E-state index contributed by atoms with van der Waals surface area (Å²) < 4.78 is 15.6. The van der Waals surface area contributed by atoms with Crippen molar-refractivity contribution in [1.29, 1.82) is 0 Å². The van der Waals surface area contributed by atoms with E-state index >= 15 is 0 Å². The maximum absolute atomic E-state index is 6.39. The van der Waals surface area contributed by atoms with Gasteiger partial charge in [0, 0.05) is 91.4 Å². The van der Waals surface area contributed by atoms with Crippen LogP contribution in [0.5, 0.6) is 5.88 Å². The summed E-state index contributed by atoms with van der Waals surface area (Å²) in [5.41, 5.74) is 5.81. The van der Waals surface area contributed by atoms with Crippen molar-refractivity contribution in [2.45, 2.75) is 44.0 Å². The van der Waals surface area contributed by atoms with E-state index in [0.717, 1.165) is 54.5 Å². The van der Waals surface area contributed by atoms with Crippen LogP contribution in [-0.4, -0.2) is 50.9 Å². The molecule has 1 saturated heterocycles. The molecular formula is C31H30BrN5O2. The number of halogens is 1. The lowest BCUT2D eigenvalue weighted by Crippen LogP contribution is -2.44. The van der Waals surface area contributed by atoms with E-state index in [-0.39, 0.29) is 12.2 Å². The molecule has 1 aromatic carbocycles. The Bertz CT molecular complexity index is 1620. The van der Waals surface area contributed by atoms with Gasteiger partial charge in [0.1, 0.15) is 10.7 Å². The van der Waals surface area contributed by atoms with Crippen molar-refractivity contribution >= 4 is 43.4 Å². The van der Waals surface area contributed by atoms with Crippen molar-refractivity contribution < 1.29 is 9.47 Å².